The molecule has 3 aliphatic rings. The van der Waals surface area contributed by atoms with Crippen molar-refractivity contribution in [1.29, 1.82) is 5.26 Å². The molecule has 0 aromatic carbocycles. The van der Waals surface area contributed by atoms with Crippen molar-refractivity contribution >= 4 is 18.2 Å². The van der Waals surface area contributed by atoms with E-state index in [0.717, 1.165) is 49.9 Å². The summed E-state index contributed by atoms with van der Waals surface area (Å²) in [4.78, 5) is 25.3. The molecule has 1 atom stereocenters. The number of nitrogens with one attached hydrogen (secondary N) is 3. The third-order valence-corrected chi connectivity index (χ3v) is 6.10. The number of ether oxygens (including phenoxy) is 1. The number of allylic oxidation sites excluding steroid dienone is 3. The van der Waals surface area contributed by atoms with Crippen LogP contribution in [0.4, 0.5) is 4.39 Å². The maximum absolute atomic E-state index is 12.8. The van der Waals surface area contributed by atoms with Crippen molar-refractivity contribution in [3.8, 4) is 6.07 Å². The largest absolute Gasteiger partial charge is 0.383 e. The number of dihydropyridines is 1. The number of carbonyl (C=O) groups is 1. The Labute approximate surface area is 212 Å². The van der Waals surface area contributed by atoms with Gasteiger partial charge in [0.25, 0.3) is 5.91 Å². The van der Waals surface area contributed by atoms with Gasteiger partial charge in [-0.15, -0.1) is 0 Å². The molecular formula is C25H35FN8O2. The van der Waals surface area contributed by atoms with Gasteiger partial charge in [0.1, 0.15) is 30.1 Å². The molecule has 0 aromatic rings. The molecule has 2 heterocycles. The summed E-state index contributed by atoms with van der Waals surface area (Å²) < 4.78 is 17.7. The van der Waals surface area contributed by atoms with Crippen molar-refractivity contribution < 1.29 is 13.9 Å². The van der Waals surface area contributed by atoms with Crippen LogP contribution in [0.2, 0.25) is 0 Å². The number of rotatable bonds is 11. The van der Waals surface area contributed by atoms with E-state index >= 15 is 0 Å². The highest BCUT2D eigenvalue weighted by Crippen LogP contribution is 2.32. The van der Waals surface area contributed by atoms with E-state index in [-0.39, 0.29) is 17.5 Å². The Morgan fingerprint density at radius 2 is 2.25 bits per heavy atom. The Kier molecular flexibility index (Phi) is 10.5. The van der Waals surface area contributed by atoms with Crippen LogP contribution in [-0.2, 0) is 9.53 Å². The van der Waals surface area contributed by atoms with Crippen molar-refractivity contribution in [2.75, 3.05) is 46.9 Å². The summed E-state index contributed by atoms with van der Waals surface area (Å²) in [6.45, 7) is 2.93. The zero-order chi connectivity index (χ0) is 25.8. The fourth-order valence-electron chi connectivity index (χ4n) is 3.92. The molecule has 194 valence electrons. The average Bonchev–Trinajstić information content (AvgIpc) is 3.60. The van der Waals surface area contributed by atoms with E-state index in [2.05, 4.69) is 36.9 Å². The first kappa shape index (κ1) is 26.9. The second kappa shape index (κ2) is 14.0. The monoisotopic (exact) mass is 498 g/mol. The molecule has 1 aliphatic carbocycles. The van der Waals surface area contributed by atoms with Gasteiger partial charge in [-0.1, -0.05) is 6.08 Å². The molecular weight excluding hydrogens is 463 g/mol. The average molecular weight is 499 g/mol. The third-order valence-electron chi connectivity index (χ3n) is 6.10. The molecule has 1 unspecified atom stereocenters. The fourth-order valence-corrected chi connectivity index (χ4v) is 3.92. The Balaban J connectivity index is 1.57. The molecule has 2 fully saturated rings. The molecule has 11 heteroatoms. The van der Waals surface area contributed by atoms with Crippen molar-refractivity contribution in [3.05, 3.63) is 47.8 Å². The topological polar surface area (TPSA) is 117 Å². The van der Waals surface area contributed by atoms with Gasteiger partial charge >= 0.3 is 0 Å². The molecule has 0 radical (unpaired) electrons. The highest BCUT2D eigenvalue weighted by molar-refractivity contribution is 5.97. The van der Waals surface area contributed by atoms with Crippen molar-refractivity contribution in [2.24, 2.45) is 15.9 Å². The summed E-state index contributed by atoms with van der Waals surface area (Å²) in [6.07, 6.45) is 12.4. The molecule has 0 aromatic heterocycles. The molecule has 1 amide bonds. The van der Waals surface area contributed by atoms with Crippen LogP contribution >= 0.6 is 0 Å². The SMILES string of the molecule is COCCN(C)C1=CC=C(NC(=NC=NCC2CCCN2C(=O)/C(C#N)=C/C2CC2)N/C=C/F)CN1. The predicted octanol–water partition coefficient (Wildman–Crippen LogP) is 1.75. The lowest BCUT2D eigenvalue weighted by Crippen LogP contribution is -2.40. The molecule has 0 spiro atoms. The second-order valence-corrected chi connectivity index (χ2v) is 8.86. The van der Waals surface area contributed by atoms with Crippen LogP contribution < -0.4 is 16.0 Å². The van der Waals surface area contributed by atoms with Crippen molar-refractivity contribution in [2.45, 2.75) is 31.7 Å². The van der Waals surface area contributed by atoms with Gasteiger partial charge in [-0.2, -0.15) is 5.26 Å². The van der Waals surface area contributed by atoms with Crippen LogP contribution in [0.5, 0.6) is 0 Å². The van der Waals surface area contributed by atoms with Crippen LogP contribution in [0.3, 0.4) is 0 Å². The van der Waals surface area contributed by atoms with Crippen LogP contribution in [0.25, 0.3) is 0 Å². The van der Waals surface area contributed by atoms with Gasteiger partial charge in [0.2, 0.25) is 5.96 Å². The number of carbonyl (C=O) groups excluding carboxylic acids is 1. The summed E-state index contributed by atoms with van der Waals surface area (Å²) in [7, 11) is 3.65. The van der Waals surface area contributed by atoms with Gasteiger partial charge < -0.3 is 30.5 Å². The summed E-state index contributed by atoms with van der Waals surface area (Å²) in [5, 5.41) is 18.6. The molecule has 3 rings (SSSR count). The zero-order valence-corrected chi connectivity index (χ0v) is 20.9. The number of guanidine groups is 1. The molecule has 10 nitrogen and oxygen atoms in total. The minimum atomic E-state index is -0.209. The van der Waals surface area contributed by atoms with Crippen LogP contribution in [0.15, 0.2) is 57.8 Å². The maximum Gasteiger partial charge on any atom is 0.264 e. The number of hydrogen-bond donors (Lipinski definition) is 3. The van der Waals surface area contributed by atoms with Crippen LogP contribution in [0.1, 0.15) is 25.7 Å². The van der Waals surface area contributed by atoms with Gasteiger partial charge in [0, 0.05) is 39.1 Å². The van der Waals surface area contributed by atoms with Gasteiger partial charge in [-0.3, -0.25) is 9.79 Å². The van der Waals surface area contributed by atoms with Gasteiger partial charge in [-0.05, 0) is 43.8 Å². The number of amides is 1. The van der Waals surface area contributed by atoms with Crippen LogP contribution in [-0.4, -0.2) is 81.0 Å². The Morgan fingerprint density at radius 1 is 1.42 bits per heavy atom. The summed E-state index contributed by atoms with van der Waals surface area (Å²) in [6, 6.07) is 1.99. The number of likely N-dealkylation sites (tertiary alicyclic amines) is 1. The number of nitriles is 1. The lowest BCUT2D eigenvalue weighted by molar-refractivity contribution is -0.127. The van der Waals surface area contributed by atoms with E-state index in [1.54, 1.807) is 18.1 Å². The van der Waals surface area contributed by atoms with E-state index in [0.29, 0.717) is 44.4 Å². The minimum absolute atomic E-state index is 0.0704. The number of likely N-dealkylation sites (N-methyl/N-ethyl adjacent to an activating group) is 1. The highest BCUT2D eigenvalue weighted by Gasteiger charge is 2.31. The standard InChI is InChI=1S/C25H35FN8O2/c1-33(12-13-36-2)23-8-7-21(16-30-23)32-25(29-10-9-26)31-18-28-17-22-4-3-11-34(22)24(35)20(15-27)14-19-5-6-19/h7-10,14,18-19,22,30H,3-6,11-13,16-17H2,1-2H3,(H2,28,29,31,32)/b10-9+,20-14+. The van der Waals surface area contributed by atoms with Crippen molar-refractivity contribution in [1.82, 2.24) is 25.8 Å². The zero-order valence-electron chi connectivity index (χ0n) is 20.9. The fraction of sp³-hybridized carbons (Fsp3) is 0.520. The van der Waals surface area contributed by atoms with E-state index in [1.807, 2.05) is 19.2 Å². The van der Waals surface area contributed by atoms with Gasteiger partial charge in [0.15, 0.2) is 0 Å². The molecule has 0 bridgehead atoms. The predicted molar refractivity (Wildman–Crippen MR) is 137 cm³/mol. The number of nitrogens with zero attached hydrogens (tertiary/aromatic N) is 5. The minimum Gasteiger partial charge on any atom is -0.383 e. The van der Waals surface area contributed by atoms with E-state index in [4.69, 9.17) is 4.74 Å². The van der Waals surface area contributed by atoms with E-state index in [1.165, 1.54) is 6.34 Å². The lowest BCUT2D eigenvalue weighted by Gasteiger charge is -2.26. The third kappa shape index (κ3) is 8.23. The first-order chi connectivity index (χ1) is 17.5. The van der Waals surface area contributed by atoms with Gasteiger partial charge in [0.05, 0.1) is 25.7 Å². The van der Waals surface area contributed by atoms with Gasteiger partial charge in [-0.25, -0.2) is 9.38 Å². The van der Waals surface area contributed by atoms with Crippen LogP contribution in [0, 0.1) is 17.2 Å². The first-order valence-corrected chi connectivity index (χ1v) is 12.2. The van der Waals surface area contributed by atoms with Crippen molar-refractivity contribution in [3.63, 3.8) is 0 Å². The molecule has 3 N–H and O–H groups in total. The molecule has 36 heavy (non-hydrogen) atoms. The smallest absolute Gasteiger partial charge is 0.264 e. The number of hydrogen-bond acceptors (Lipinski definition) is 6. The van der Waals surface area contributed by atoms with E-state index in [9.17, 15) is 14.4 Å². The Bertz CT molecular complexity index is 991. The normalized spacial score (nSPS) is 20.7. The summed E-state index contributed by atoms with van der Waals surface area (Å²) in [5.74, 6) is 1.43. The maximum atomic E-state index is 12.8. The first-order valence-electron chi connectivity index (χ1n) is 12.2. The second-order valence-electron chi connectivity index (χ2n) is 8.86. The molecule has 2 aliphatic heterocycles. The number of aliphatic imine (C=N–C) groups is 2. The van der Waals surface area contributed by atoms with E-state index < -0.39 is 0 Å². The number of halogens is 1. The highest BCUT2D eigenvalue weighted by atomic mass is 19.1. The summed E-state index contributed by atoms with van der Waals surface area (Å²) in [5.41, 5.74) is 1.07. The lowest BCUT2D eigenvalue weighted by atomic mass is 10.1. The molecule has 1 saturated carbocycles. The Morgan fingerprint density at radius 3 is 2.92 bits per heavy atom. The number of methoxy groups -OCH3 is 1. The molecule has 1 saturated heterocycles. The summed E-state index contributed by atoms with van der Waals surface area (Å²) >= 11 is 0. The Hall–Kier alpha value is -3.65. The quantitative estimate of drug-likeness (QED) is 0.172.